The van der Waals surface area contributed by atoms with Gasteiger partial charge in [-0.2, -0.15) is 0 Å². The first-order valence-corrected chi connectivity index (χ1v) is 11.9. The van der Waals surface area contributed by atoms with E-state index in [2.05, 4.69) is 15.2 Å². The monoisotopic (exact) mass is 490 g/mol. The maximum Gasteiger partial charge on any atom is 0.338 e. The molecule has 1 aromatic heterocycles. The van der Waals surface area contributed by atoms with Gasteiger partial charge in [-0.15, -0.1) is 0 Å². The number of nitrogens with one attached hydrogen (secondary N) is 1. The lowest BCUT2D eigenvalue weighted by Crippen LogP contribution is -2.42. The second-order valence-corrected chi connectivity index (χ2v) is 8.88. The summed E-state index contributed by atoms with van der Waals surface area (Å²) in [6, 6.07) is 9.11. The molecule has 0 spiro atoms. The van der Waals surface area contributed by atoms with Gasteiger partial charge in [0.1, 0.15) is 11.9 Å². The lowest BCUT2D eigenvalue weighted by molar-refractivity contribution is -0.136. The molecule has 1 saturated heterocycles. The number of benzene rings is 1. The number of halogens is 2. The third-order valence-corrected chi connectivity index (χ3v) is 6.58. The number of rotatable bonds is 6. The third kappa shape index (κ3) is 5.92. The summed E-state index contributed by atoms with van der Waals surface area (Å²) in [7, 11) is 1.33. The topological polar surface area (TPSA) is 76.0 Å². The van der Waals surface area contributed by atoms with E-state index in [1.165, 1.54) is 31.0 Å². The summed E-state index contributed by atoms with van der Waals surface area (Å²) in [4.78, 5) is 24.2. The number of aromatic nitrogens is 1. The predicted molar refractivity (Wildman–Crippen MR) is 127 cm³/mol. The van der Waals surface area contributed by atoms with Crippen LogP contribution in [0.5, 0.6) is 0 Å². The van der Waals surface area contributed by atoms with Gasteiger partial charge in [0, 0.05) is 47.9 Å². The maximum absolute atomic E-state index is 13.7. The molecule has 1 unspecified atom stereocenters. The molecule has 4 rings (SSSR count). The highest BCUT2D eigenvalue weighted by molar-refractivity contribution is 8.13. The quantitative estimate of drug-likeness (QED) is 0.620. The van der Waals surface area contributed by atoms with E-state index in [0.717, 1.165) is 18.8 Å². The Morgan fingerprint density at radius 1 is 1.33 bits per heavy atom. The van der Waals surface area contributed by atoms with Crippen LogP contribution in [0.4, 0.5) is 4.39 Å². The van der Waals surface area contributed by atoms with Gasteiger partial charge >= 0.3 is 5.97 Å². The van der Waals surface area contributed by atoms with Gasteiger partial charge in [0.25, 0.3) is 0 Å². The average Bonchev–Trinajstić information content (AvgIpc) is 2.83. The summed E-state index contributed by atoms with van der Waals surface area (Å²) in [5.74, 6) is -0.369. The fraction of sp³-hybridized carbons (Fsp3) is 0.348. The van der Waals surface area contributed by atoms with E-state index in [-0.39, 0.29) is 5.02 Å². The van der Waals surface area contributed by atoms with Crippen LogP contribution in [0.1, 0.15) is 17.3 Å². The Kier molecular flexibility index (Phi) is 7.97. The molecule has 1 atom stereocenters. The van der Waals surface area contributed by atoms with Crippen molar-refractivity contribution in [2.24, 2.45) is 4.99 Å². The lowest BCUT2D eigenvalue weighted by Gasteiger charge is -2.32. The number of amidine groups is 1. The number of esters is 1. The van der Waals surface area contributed by atoms with Crippen molar-refractivity contribution in [2.45, 2.75) is 11.8 Å². The molecule has 174 valence electrons. The van der Waals surface area contributed by atoms with Crippen LogP contribution in [0.3, 0.4) is 0 Å². The molecular formula is C23H24ClFN4O3S. The molecule has 1 aromatic carbocycles. The van der Waals surface area contributed by atoms with Crippen LogP contribution in [-0.4, -0.2) is 61.0 Å². The first-order chi connectivity index (χ1) is 16.0. The van der Waals surface area contributed by atoms with Crippen LogP contribution in [0.2, 0.25) is 5.02 Å². The van der Waals surface area contributed by atoms with Crippen molar-refractivity contribution in [3.05, 3.63) is 76.0 Å². The number of nitrogens with zero attached hydrogens (tertiary/aromatic N) is 3. The van der Waals surface area contributed by atoms with Gasteiger partial charge in [-0.25, -0.2) is 14.2 Å². The Morgan fingerprint density at radius 2 is 2.15 bits per heavy atom. The lowest BCUT2D eigenvalue weighted by atomic mass is 9.95. The Morgan fingerprint density at radius 3 is 2.85 bits per heavy atom. The minimum atomic E-state index is -0.728. The van der Waals surface area contributed by atoms with E-state index < -0.39 is 17.8 Å². The van der Waals surface area contributed by atoms with Crippen LogP contribution in [0.15, 0.2) is 58.9 Å². The maximum atomic E-state index is 13.7. The van der Waals surface area contributed by atoms with Crippen LogP contribution in [0.25, 0.3) is 0 Å². The molecule has 7 nitrogen and oxygen atoms in total. The first-order valence-electron chi connectivity index (χ1n) is 10.5. The Labute approximate surface area is 201 Å². The zero-order valence-corrected chi connectivity index (χ0v) is 19.7. The van der Waals surface area contributed by atoms with E-state index in [9.17, 15) is 9.18 Å². The SMILES string of the molecule is COC(=O)C1=C(CN2CCOCC2)NC(SCc2ccccn2)=NC1c1ccc(F)cc1Cl. The van der Waals surface area contributed by atoms with Crippen molar-refractivity contribution in [1.29, 1.82) is 0 Å². The molecule has 3 heterocycles. The highest BCUT2D eigenvalue weighted by Crippen LogP contribution is 2.37. The normalized spacial score (nSPS) is 19.1. The standard InChI is InChI=1S/C23H24ClFN4O3S/c1-31-22(30)20-19(13-29-8-10-32-11-9-29)27-23(33-14-16-4-2-3-7-26-16)28-21(20)17-6-5-15(25)12-18(17)24/h2-7,12,21H,8-11,13-14H2,1H3,(H,27,28). The first kappa shape index (κ1) is 23.7. The van der Waals surface area contributed by atoms with E-state index in [1.54, 1.807) is 12.3 Å². The summed E-state index contributed by atoms with van der Waals surface area (Å²) in [6.07, 6.45) is 1.74. The molecule has 2 aromatic rings. The summed E-state index contributed by atoms with van der Waals surface area (Å²) in [5, 5.41) is 4.16. The number of aliphatic imine (C=N–C) groups is 1. The number of thioether (sulfide) groups is 1. The van der Waals surface area contributed by atoms with E-state index in [4.69, 9.17) is 26.1 Å². The van der Waals surface area contributed by atoms with Crippen LogP contribution >= 0.6 is 23.4 Å². The average molecular weight is 491 g/mol. The van der Waals surface area contributed by atoms with Crippen molar-refractivity contribution in [3.63, 3.8) is 0 Å². The zero-order chi connectivity index (χ0) is 23.2. The summed E-state index contributed by atoms with van der Waals surface area (Å²) in [6.45, 7) is 3.24. The third-order valence-electron chi connectivity index (χ3n) is 5.33. The second-order valence-electron chi connectivity index (χ2n) is 7.51. The number of carbonyl (C=O) groups is 1. The van der Waals surface area contributed by atoms with Crippen molar-refractivity contribution in [2.75, 3.05) is 40.0 Å². The molecular weight excluding hydrogens is 467 g/mol. The molecule has 1 N–H and O–H groups in total. The zero-order valence-electron chi connectivity index (χ0n) is 18.1. The van der Waals surface area contributed by atoms with Crippen molar-refractivity contribution >= 4 is 34.5 Å². The number of methoxy groups -OCH3 is 1. The van der Waals surface area contributed by atoms with E-state index in [1.807, 2.05) is 18.2 Å². The Bertz CT molecular complexity index is 1060. The van der Waals surface area contributed by atoms with Crippen LogP contribution in [-0.2, 0) is 20.0 Å². The minimum Gasteiger partial charge on any atom is -0.466 e. The summed E-state index contributed by atoms with van der Waals surface area (Å²) in [5.41, 5.74) is 2.49. The van der Waals surface area contributed by atoms with Crippen molar-refractivity contribution in [3.8, 4) is 0 Å². The number of hydrogen-bond acceptors (Lipinski definition) is 8. The van der Waals surface area contributed by atoms with E-state index in [0.29, 0.717) is 47.5 Å². The number of carbonyl (C=O) groups excluding carboxylic acids is 1. The molecule has 2 aliphatic rings. The second kappa shape index (κ2) is 11.1. The van der Waals surface area contributed by atoms with Crippen LogP contribution in [0, 0.1) is 5.82 Å². The van der Waals surface area contributed by atoms with Gasteiger partial charge in [0.2, 0.25) is 0 Å². The minimum absolute atomic E-state index is 0.201. The number of pyridine rings is 1. The van der Waals surface area contributed by atoms with E-state index >= 15 is 0 Å². The molecule has 0 bridgehead atoms. The van der Waals surface area contributed by atoms with Gasteiger partial charge in [-0.05, 0) is 24.3 Å². The fourth-order valence-corrected chi connectivity index (χ4v) is 4.78. The largest absolute Gasteiger partial charge is 0.466 e. The highest BCUT2D eigenvalue weighted by atomic mass is 35.5. The molecule has 1 fully saturated rings. The Balaban J connectivity index is 1.70. The van der Waals surface area contributed by atoms with Gasteiger partial charge in [0.15, 0.2) is 5.17 Å². The molecule has 2 aliphatic heterocycles. The summed E-state index contributed by atoms with van der Waals surface area (Å²) >= 11 is 7.86. The highest BCUT2D eigenvalue weighted by Gasteiger charge is 2.34. The number of morpholine rings is 1. The van der Waals surface area contributed by atoms with Crippen LogP contribution < -0.4 is 5.32 Å². The summed E-state index contributed by atoms with van der Waals surface area (Å²) < 4.78 is 24.3. The van der Waals surface area contributed by atoms with Gasteiger partial charge in [-0.1, -0.05) is 35.5 Å². The number of ether oxygens (including phenoxy) is 2. The molecule has 0 aliphatic carbocycles. The smallest absolute Gasteiger partial charge is 0.338 e. The molecule has 0 radical (unpaired) electrons. The molecule has 10 heteroatoms. The molecule has 33 heavy (non-hydrogen) atoms. The van der Waals surface area contributed by atoms with Gasteiger partial charge < -0.3 is 14.8 Å². The number of hydrogen-bond donors (Lipinski definition) is 1. The van der Waals surface area contributed by atoms with Crippen molar-refractivity contribution < 1.29 is 18.7 Å². The predicted octanol–water partition coefficient (Wildman–Crippen LogP) is 3.57. The van der Waals surface area contributed by atoms with Gasteiger partial charge in [0.05, 0.1) is 31.6 Å². The molecule has 0 saturated carbocycles. The van der Waals surface area contributed by atoms with Crippen molar-refractivity contribution in [1.82, 2.24) is 15.2 Å². The fourth-order valence-electron chi connectivity index (χ4n) is 3.68. The Hall–Kier alpha value is -2.46. The van der Waals surface area contributed by atoms with Gasteiger partial charge in [-0.3, -0.25) is 9.88 Å². The molecule has 0 amide bonds.